The van der Waals surface area contributed by atoms with Crippen LogP contribution in [0, 0.1) is 0 Å². The van der Waals surface area contributed by atoms with Gasteiger partial charge in [-0.05, 0) is 26.4 Å². The van der Waals surface area contributed by atoms with Gasteiger partial charge in [-0.3, -0.25) is 4.79 Å². The summed E-state index contributed by atoms with van der Waals surface area (Å²) in [6, 6.07) is 0.459. The quantitative estimate of drug-likeness (QED) is 0.837. The van der Waals surface area contributed by atoms with Crippen molar-refractivity contribution in [2.45, 2.75) is 25.3 Å². The monoisotopic (exact) mass is 269 g/mol. The van der Waals surface area contributed by atoms with Gasteiger partial charge in [0.2, 0.25) is 0 Å². The van der Waals surface area contributed by atoms with E-state index in [1.807, 2.05) is 5.38 Å². The van der Waals surface area contributed by atoms with Crippen LogP contribution in [0.5, 0.6) is 0 Å². The second-order valence-electron chi connectivity index (χ2n) is 4.64. The van der Waals surface area contributed by atoms with Crippen LogP contribution in [0.3, 0.4) is 0 Å². The van der Waals surface area contributed by atoms with Gasteiger partial charge in [-0.2, -0.15) is 0 Å². The number of rotatable bonds is 4. The van der Waals surface area contributed by atoms with Crippen molar-refractivity contribution in [1.82, 2.24) is 9.88 Å². The van der Waals surface area contributed by atoms with Crippen LogP contribution in [0.25, 0.3) is 0 Å². The van der Waals surface area contributed by atoms with E-state index in [1.165, 1.54) is 26.5 Å². The predicted octanol–water partition coefficient (Wildman–Crippen LogP) is 1.36. The fourth-order valence-corrected chi connectivity index (χ4v) is 2.92. The van der Waals surface area contributed by atoms with Gasteiger partial charge in [0.05, 0.1) is 19.2 Å². The van der Waals surface area contributed by atoms with Gasteiger partial charge >= 0.3 is 5.97 Å². The highest BCUT2D eigenvalue weighted by atomic mass is 32.1. The molecular weight excluding hydrogens is 250 g/mol. The summed E-state index contributed by atoms with van der Waals surface area (Å²) in [7, 11) is 3.53. The number of likely N-dealkylation sites (N-methyl/N-ethyl adjacent to an activating group) is 1. The van der Waals surface area contributed by atoms with E-state index < -0.39 is 0 Å². The number of piperidine rings is 1. The molecule has 1 atom stereocenters. The van der Waals surface area contributed by atoms with Crippen LogP contribution in [0.4, 0.5) is 5.13 Å². The van der Waals surface area contributed by atoms with Crippen molar-refractivity contribution in [2.24, 2.45) is 0 Å². The molecule has 1 fully saturated rings. The molecule has 6 heteroatoms. The van der Waals surface area contributed by atoms with Gasteiger partial charge in [0.1, 0.15) is 0 Å². The standard InChI is InChI=1S/C12H19N3O2S/c1-15-5-3-4-9(7-15)13-12-14-10(8-18-12)6-11(16)17-2/h8-9H,3-7H2,1-2H3,(H,13,14). The number of aromatic nitrogens is 1. The van der Waals surface area contributed by atoms with Crippen LogP contribution in [0.1, 0.15) is 18.5 Å². The Morgan fingerprint density at radius 3 is 3.28 bits per heavy atom. The lowest BCUT2D eigenvalue weighted by atomic mass is 10.1. The number of methoxy groups -OCH3 is 1. The van der Waals surface area contributed by atoms with E-state index in [4.69, 9.17) is 0 Å². The van der Waals surface area contributed by atoms with Crippen molar-refractivity contribution in [3.8, 4) is 0 Å². The number of hydrogen-bond acceptors (Lipinski definition) is 6. The zero-order chi connectivity index (χ0) is 13.0. The molecule has 1 aromatic rings. The molecule has 0 radical (unpaired) electrons. The van der Waals surface area contributed by atoms with Gasteiger partial charge < -0.3 is 15.0 Å². The highest BCUT2D eigenvalue weighted by Crippen LogP contribution is 2.20. The van der Waals surface area contributed by atoms with Crippen molar-refractivity contribution in [1.29, 1.82) is 0 Å². The Hall–Kier alpha value is -1.14. The first-order valence-corrected chi connectivity index (χ1v) is 7.01. The molecule has 18 heavy (non-hydrogen) atoms. The van der Waals surface area contributed by atoms with Crippen molar-refractivity contribution < 1.29 is 9.53 Å². The first-order valence-electron chi connectivity index (χ1n) is 6.13. The molecule has 1 aliphatic rings. The third-order valence-corrected chi connectivity index (χ3v) is 3.88. The normalized spacial score (nSPS) is 20.7. The number of anilines is 1. The maximum absolute atomic E-state index is 11.1. The zero-order valence-electron chi connectivity index (χ0n) is 10.8. The Labute approximate surface area is 111 Å². The van der Waals surface area contributed by atoms with E-state index in [0.29, 0.717) is 6.04 Å². The summed E-state index contributed by atoms with van der Waals surface area (Å²) in [5, 5.41) is 6.24. The number of hydrogen-bond donors (Lipinski definition) is 1. The maximum Gasteiger partial charge on any atom is 0.311 e. The van der Waals surface area contributed by atoms with E-state index >= 15 is 0 Å². The summed E-state index contributed by atoms with van der Waals surface area (Å²) in [6.45, 7) is 2.22. The molecule has 1 N–H and O–H groups in total. The summed E-state index contributed by atoms with van der Waals surface area (Å²) in [4.78, 5) is 17.9. The van der Waals surface area contributed by atoms with Crippen LogP contribution >= 0.6 is 11.3 Å². The van der Waals surface area contributed by atoms with Gasteiger partial charge in [0.25, 0.3) is 0 Å². The van der Waals surface area contributed by atoms with E-state index in [-0.39, 0.29) is 12.4 Å². The largest absolute Gasteiger partial charge is 0.469 e. The molecule has 0 saturated carbocycles. The zero-order valence-corrected chi connectivity index (χ0v) is 11.6. The van der Waals surface area contributed by atoms with Gasteiger partial charge in [0.15, 0.2) is 5.13 Å². The molecule has 100 valence electrons. The third kappa shape index (κ3) is 3.68. The van der Waals surface area contributed by atoms with Crippen LogP contribution in [0.15, 0.2) is 5.38 Å². The molecule has 0 aliphatic carbocycles. The fraction of sp³-hybridized carbons (Fsp3) is 0.667. The van der Waals surface area contributed by atoms with E-state index in [1.54, 1.807) is 11.3 Å². The SMILES string of the molecule is COC(=O)Cc1csc(NC2CCCN(C)C2)n1. The Kier molecular flexibility index (Phi) is 4.54. The lowest BCUT2D eigenvalue weighted by Gasteiger charge is -2.29. The number of carbonyl (C=O) groups excluding carboxylic acids is 1. The third-order valence-electron chi connectivity index (χ3n) is 3.06. The van der Waals surface area contributed by atoms with E-state index in [9.17, 15) is 4.79 Å². The number of nitrogens with zero attached hydrogens (tertiary/aromatic N) is 2. The topological polar surface area (TPSA) is 54.5 Å². The molecule has 2 heterocycles. The summed E-state index contributed by atoms with van der Waals surface area (Å²) >= 11 is 1.55. The Bertz CT molecular complexity index is 408. The van der Waals surface area contributed by atoms with Crippen molar-refractivity contribution in [2.75, 3.05) is 32.6 Å². The number of esters is 1. The minimum absolute atomic E-state index is 0.246. The van der Waals surface area contributed by atoms with Crippen molar-refractivity contribution >= 4 is 22.4 Å². The molecule has 1 unspecified atom stereocenters. The molecule has 1 saturated heterocycles. The van der Waals surface area contributed by atoms with Crippen LogP contribution in [0.2, 0.25) is 0 Å². The number of ether oxygens (including phenoxy) is 1. The van der Waals surface area contributed by atoms with E-state index in [2.05, 4.69) is 27.0 Å². The summed E-state index contributed by atoms with van der Waals surface area (Å²) in [6.07, 6.45) is 2.64. The predicted molar refractivity (Wildman–Crippen MR) is 72.0 cm³/mol. The molecular formula is C12H19N3O2S. The number of nitrogens with one attached hydrogen (secondary N) is 1. The summed E-state index contributed by atoms with van der Waals surface area (Å²) < 4.78 is 4.63. The van der Waals surface area contributed by atoms with Gasteiger partial charge in [-0.15, -0.1) is 11.3 Å². The highest BCUT2D eigenvalue weighted by molar-refractivity contribution is 7.13. The number of carbonyl (C=O) groups is 1. The van der Waals surface area contributed by atoms with Crippen LogP contribution in [-0.4, -0.2) is 49.1 Å². The Balaban J connectivity index is 1.88. The van der Waals surface area contributed by atoms with Gasteiger partial charge in [-0.1, -0.05) is 0 Å². The first kappa shape index (κ1) is 13.3. The first-order chi connectivity index (χ1) is 8.67. The number of likely N-dealkylation sites (tertiary alicyclic amines) is 1. The molecule has 2 rings (SSSR count). The Morgan fingerprint density at radius 2 is 2.56 bits per heavy atom. The lowest BCUT2D eigenvalue weighted by Crippen LogP contribution is -2.39. The van der Waals surface area contributed by atoms with Crippen molar-refractivity contribution in [3.63, 3.8) is 0 Å². The van der Waals surface area contributed by atoms with Gasteiger partial charge in [-0.25, -0.2) is 4.98 Å². The summed E-state index contributed by atoms with van der Waals surface area (Å²) in [5.74, 6) is -0.246. The molecule has 0 spiro atoms. The molecule has 0 bridgehead atoms. The minimum atomic E-state index is -0.246. The van der Waals surface area contributed by atoms with Crippen molar-refractivity contribution in [3.05, 3.63) is 11.1 Å². The molecule has 5 nitrogen and oxygen atoms in total. The Morgan fingerprint density at radius 1 is 1.72 bits per heavy atom. The lowest BCUT2D eigenvalue weighted by molar-refractivity contribution is -0.139. The average Bonchev–Trinajstić information content (AvgIpc) is 2.76. The maximum atomic E-state index is 11.1. The smallest absolute Gasteiger partial charge is 0.311 e. The highest BCUT2D eigenvalue weighted by Gasteiger charge is 2.18. The molecule has 1 aromatic heterocycles. The molecule has 0 aromatic carbocycles. The fourth-order valence-electron chi connectivity index (χ4n) is 2.13. The van der Waals surface area contributed by atoms with Crippen LogP contribution < -0.4 is 5.32 Å². The second kappa shape index (κ2) is 6.15. The summed E-state index contributed by atoms with van der Waals surface area (Å²) in [5.41, 5.74) is 0.776. The molecule has 0 amide bonds. The average molecular weight is 269 g/mol. The second-order valence-corrected chi connectivity index (χ2v) is 5.50. The minimum Gasteiger partial charge on any atom is -0.469 e. The molecule has 1 aliphatic heterocycles. The van der Waals surface area contributed by atoms with Crippen LogP contribution in [-0.2, 0) is 16.0 Å². The number of thiazole rings is 1. The van der Waals surface area contributed by atoms with Gasteiger partial charge in [0, 0.05) is 18.0 Å². The van der Waals surface area contributed by atoms with E-state index in [0.717, 1.165) is 17.4 Å².